The lowest BCUT2D eigenvalue weighted by Crippen LogP contribution is -2.36. The maximum absolute atomic E-state index is 12.1. The summed E-state index contributed by atoms with van der Waals surface area (Å²) in [6.07, 6.45) is 2.63. The van der Waals surface area contributed by atoms with Crippen LogP contribution in [0.15, 0.2) is 24.5 Å². The highest BCUT2D eigenvalue weighted by molar-refractivity contribution is 6.31. The standard InChI is InChI=1S/C17H21ClN4O3/c1-17(2,3)25-16(23)22-11-12(10-19-22)14-8-13(18)9-15(20-14)21-4-6-24-7-5-21/h8-11H,4-7H2,1-3H3. The Bertz CT molecular complexity index is 763. The van der Waals surface area contributed by atoms with Crippen molar-refractivity contribution in [1.29, 1.82) is 0 Å². The van der Waals surface area contributed by atoms with Gasteiger partial charge in [-0.3, -0.25) is 0 Å². The number of hydrogen-bond donors (Lipinski definition) is 0. The van der Waals surface area contributed by atoms with Gasteiger partial charge in [0.05, 0.1) is 25.1 Å². The first-order chi connectivity index (χ1) is 11.8. The Hall–Kier alpha value is -2.12. The largest absolute Gasteiger partial charge is 0.442 e. The highest BCUT2D eigenvalue weighted by Gasteiger charge is 2.20. The van der Waals surface area contributed by atoms with Gasteiger partial charge >= 0.3 is 6.09 Å². The van der Waals surface area contributed by atoms with Gasteiger partial charge in [-0.1, -0.05) is 11.6 Å². The number of rotatable bonds is 2. The summed E-state index contributed by atoms with van der Waals surface area (Å²) in [5.74, 6) is 0.788. The maximum atomic E-state index is 12.1. The molecule has 3 rings (SSSR count). The average molecular weight is 365 g/mol. The van der Waals surface area contributed by atoms with E-state index in [1.807, 2.05) is 26.8 Å². The van der Waals surface area contributed by atoms with Crippen molar-refractivity contribution in [1.82, 2.24) is 14.8 Å². The molecule has 0 aliphatic carbocycles. The molecule has 8 heteroatoms. The molecule has 0 radical (unpaired) electrons. The van der Waals surface area contributed by atoms with Crippen molar-refractivity contribution in [3.05, 3.63) is 29.5 Å². The second-order valence-corrected chi connectivity index (χ2v) is 7.22. The Morgan fingerprint density at radius 1 is 1.28 bits per heavy atom. The summed E-state index contributed by atoms with van der Waals surface area (Å²) in [7, 11) is 0. The van der Waals surface area contributed by atoms with Gasteiger partial charge in [0.2, 0.25) is 0 Å². The molecule has 25 heavy (non-hydrogen) atoms. The van der Waals surface area contributed by atoms with Crippen molar-refractivity contribution in [2.24, 2.45) is 0 Å². The Morgan fingerprint density at radius 2 is 2.00 bits per heavy atom. The predicted octanol–water partition coefficient (Wildman–Crippen LogP) is 3.22. The summed E-state index contributed by atoms with van der Waals surface area (Å²) >= 11 is 6.26. The van der Waals surface area contributed by atoms with Crippen LogP contribution in [0.1, 0.15) is 20.8 Å². The third kappa shape index (κ3) is 4.49. The normalized spacial score (nSPS) is 15.3. The molecule has 0 unspecified atom stereocenters. The minimum absolute atomic E-state index is 0.533. The van der Waals surface area contributed by atoms with E-state index < -0.39 is 11.7 Å². The molecular weight excluding hydrogens is 344 g/mol. The summed E-state index contributed by atoms with van der Waals surface area (Å²) < 4.78 is 11.8. The predicted molar refractivity (Wildman–Crippen MR) is 95.1 cm³/mol. The quantitative estimate of drug-likeness (QED) is 0.814. The minimum Gasteiger partial charge on any atom is -0.442 e. The van der Waals surface area contributed by atoms with Crippen LogP contribution in [0.5, 0.6) is 0 Å². The Morgan fingerprint density at radius 3 is 2.68 bits per heavy atom. The van der Waals surface area contributed by atoms with E-state index in [4.69, 9.17) is 21.1 Å². The fourth-order valence-electron chi connectivity index (χ4n) is 2.45. The summed E-state index contributed by atoms with van der Waals surface area (Å²) in [6, 6.07) is 3.58. The van der Waals surface area contributed by atoms with Gasteiger partial charge in [-0.15, -0.1) is 0 Å². The SMILES string of the molecule is CC(C)(C)OC(=O)n1cc(-c2cc(Cl)cc(N3CCOCC3)n2)cn1. The third-order valence-electron chi connectivity index (χ3n) is 3.57. The Balaban J connectivity index is 1.84. The van der Waals surface area contributed by atoms with Crippen LogP contribution in [0, 0.1) is 0 Å². The van der Waals surface area contributed by atoms with Gasteiger partial charge in [-0.2, -0.15) is 9.78 Å². The number of carbonyl (C=O) groups is 1. The molecule has 7 nitrogen and oxygen atoms in total. The molecule has 1 saturated heterocycles. The average Bonchev–Trinajstić information content (AvgIpc) is 3.04. The summed E-state index contributed by atoms with van der Waals surface area (Å²) in [6.45, 7) is 8.29. The fourth-order valence-corrected chi connectivity index (χ4v) is 2.65. The first kappa shape index (κ1) is 17.7. The maximum Gasteiger partial charge on any atom is 0.435 e. The van der Waals surface area contributed by atoms with Gasteiger partial charge in [0.1, 0.15) is 11.4 Å². The van der Waals surface area contributed by atoms with Gasteiger partial charge in [0.25, 0.3) is 0 Å². The Labute approximate surface area is 151 Å². The van der Waals surface area contributed by atoms with Crippen molar-refractivity contribution in [2.75, 3.05) is 31.2 Å². The highest BCUT2D eigenvalue weighted by atomic mass is 35.5. The number of anilines is 1. The third-order valence-corrected chi connectivity index (χ3v) is 3.79. The van der Waals surface area contributed by atoms with Gasteiger partial charge in [0, 0.05) is 29.9 Å². The van der Waals surface area contributed by atoms with E-state index in [0.29, 0.717) is 29.5 Å². The van der Waals surface area contributed by atoms with E-state index in [2.05, 4.69) is 15.0 Å². The van der Waals surface area contributed by atoms with Crippen molar-refractivity contribution in [3.63, 3.8) is 0 Å². The molecule has 134 valence electrons. The molecule has 1 aliphatic heterocycles. The number of hydrogen-bond acceptors (Lipinski definition) is 6. The molecule has 0 amide bonds. The lowest BCUT2D eigenvalue weighted by Gasteiger charge is -2.28. The van der Waals surface area contributed by atoms with Crippen molar-refractivity contribution >= 4 is 23.5 Å². The molecule has 0 aromatic carbocycles. The zero-order valence-corrected chi connectivity index (χ0v) is 15.3. The van der Waals surface area contributed by atoms with E-state index in [1.165, 1.54) is 0 Å². The van der Waals surface area contributed by atoms with Crippen LogP contribution >= 0.6 is 11.6 Å². The summed E-state index contributed by atoms with van der Waals surface area (Å²) in [4.78, 5) is 18.9. The highest BCUT2D eigenvalue weighted by Crippen LogP contribution is 2.26. The lowest BCUT2D eigenvalue weighted by atomic mass is 10.2. The van der Waals surface area contributed by atoms with Crippen molar-refractivity contribution in [2.45, 2.75) is 26.4 Å². The Kier molecular flexibility index (Phi) is 4.96. The molecule has 3 heterocycles. The van der Waals surface area contributed by atoms with Crippen LogP contribution < -0.4 is 4.90 Å². The molecule has 0 saturated carbocycles. The van der Waals surface area contributed by atoms with Crippen LogP contribution in [-0.4, -0.2) is 52.8 Å². The molecule has 1 fully saturated rings. The van der Waals surface area contributed by atoms with E-state index >= 15 is 0 Å². The number of ether oxygens (including phenoxy) is 2. The lowest BCUT2D eigenvalue weighted by molar-refractivity contribution is 0.0514. The fraction of sp³-hybridized carbons (Fsp3) is 0.471. The van der Waals surface area contributed by atoms with Gasteiger partial charge < -0.3 is 14.4 Å². The second-order valence-electron chi connectivity index (χ2n) is 6.78. The number of pyridine rings is 1. The monoisotopic (exact) mass is 364 g/mol. The van der Waals surface area contributed by atoms with Crippen molar-refractivity contribution in [3.8, 4) is 11.3 Å². The number of carbonyl (C=O) groups excluding carboxylic acids is 1. The topological polar surface area (TPSA) is 69.5 Å². The minimum atomic E-state index is -0.582. The summed E-state index contributed by atoms with van der Waals surface area (Å²) in [5.41, 5.74) is 0.771. The first-order valence-corrected chi connectivity index (χ1v) is 8.48. The summed E-state index contributed by atoms with van der Waals surface area (Å²) in [5, 5.41) is 4.65. The number of nitrogens with zero attached hydrogens (tertiary/aromatic N) is 4. The van der Waals surface area contributed by atoms with Crippen LogP contribution in [0.25, 0.3) is 11.3 Å². The number of halogens is 1. The van der Waals surface area contributed by atoms with Crippen LogP contribution in [0.4, 0.5) is 10.6 Å². The van der Waals surface area contributed by atoms with Crippen molar-refractivity contribution < 1.29 is 14.3 Å². The van der Waals surface area contributed by atoms with Gasteiger partial charge in [-0.05, 0) is 32.9 Å². The van der Waals surface area contributed by atoms with Crippen LogP contribution in [0.3, 0.4) is 0 Å². The molecule has 0 bridgehead atoms. The van der Waals surface area contributed by atoms with E-state index in [1.54, 1.807) is 18.5 Å². The molecule has 1 aliphatic rings. The molecule has 0 spiro atoms. The first-order valence-electron chi connectivity index (χ1n) is 8.10. The second kappa shape index (κ2) is 7.01. The van der Waals surface area contributed by atoms with Crippen LogP contribution in [0.2, 0.25) is 5.02 Å². The molecular formula is C17H21ClN4O3. The number of morpholine rings is 1. The van der Waals surface area contributed by atoms with Gasteiger partial charge in [0.15, 0.2) is 0 Å². The zero-order chi connectivity index (χ0) is 18.0. The molecule has 0 N–H and O–H groups in total. The van der Waals surface area contributed by atoms with E-state index in [9.17, 15) is 4.79 Å². The zero-order valence-electron chi connectivity index (χ0n) is 14.5. The van der Waals surface area contributed by atoms with Gasteiger partial charge in [-0.25, -0.2) is 9.78 Å². The molecule has 0 atom stereocenters. The van der Waals surface area contributed by atoms with Crippen LogP contribution in [-0.2, 0) is 9.47 Å². The molecule has 2 aromatic heterocycles. The number of aromatic nitrogens is 3. The molecule has 2 aromatic rings. The van der Waals surface area contributed by atoms with E-state index in [-0.39, 0.29) is 0 Å². The smallest absolute Gasteiger partial charge is 0.435 e. The van der Waals surface area contributed by atoms with E-state index in [0.717, 1.165) is 23.6 Å².